The van der Waals surface area contributed by atoms with Crippen molar-refractivity contribution in [3.63, 3.8) is 0 Å². The van der Waals surface area contributed by atoms with Crippen LogP contribution in [0.5, 0.6) is 0 Å². The van der Waals surface area contributed by atoms with Gasteiger partial charge in [-0.05, 0) is 38.8 Å². The Bertz CT molecular complexity index is 1530. The topological polar surface area (TPSA) is 231 Å². The molecule has 2 amide bonds. The second-order valence-corrected chi connectivity index (χ2v) is 16.7. The van der Waals surface area contributed by atoms with Gasteiger partial charge in [-0.3, -0.25) is 19.1 Å². The van der Waals surface area contributed by atoms with Crippen molar-refractivity contribution in [3.8, 4) is 0 Å². The maximum atomic E-state index is 12.9. The monoisotopic (exact) mass is 778 g/mol. The Hall–Kier alpha value is -3.57. The van der Waals surface area contributed by atoms with E-state index in [1.165, 1.54) is 21.7 Å². The van der Waals surface area contributed by atoms with E-state index < -0.39 is 65.0 Å². The Kier molecular flexibility index (Phi) is 16.3. The molecule has 2 saturated heterocycles. The molecule has 0 aromatic carbocycles. The van der Waals surface area contributed by atoms with Crippen LogP contribution in [-0.4, -0.2) is 92.7 Å². The number of esters is 2. The van der Waals surface area contributed by atoms with Crippen molar-refractivity contribution in [1.82, 2.24) is 19.8 Å². The molecule has 3 aliphatic rings. The standard InChI is InChI=1S/C20H33N3O5.C19H33N3O5/c1-6-7-8-10-19(2,3)17(25)28-15-13(12-24)27-16(20(15,4)5)23-11-9-14(21)22-18(23)26;1-5-6-7-8-12(2)16(24)27-15-13(11-23)26-17(19(15,3)4)22-10-9-14(20)21-18(22)25/h9,11,13,15-16,24H,6-8,10,12H2,1-5H3,(H2,21,22,26);9-10,12-15,17,23H,5-8,11,20H2,1-4H3,(H,21,25)/t13-,15?,16-;12?,13-,14?,15?,17-/m11/s1. The summed E-state index contributed by atoms with van der Waals surface area (Å²) >= 11 is 0. The van der Waals surface area contributed by atoms with E-state index in [9.17, 15) is 29.4 Å². The van der Waals surface area contributed by atoms with Gasteiger partial charge < -0.3 is 45.9 Å². The molecule has 312 valence electrons. The third kappa shape index (κ3) is 11.1. The van der Waals surface area contributed by atoms with Crippen LogP contribution in [-0.2, 0) is 28.5 Å². The quantitative estimate of drug-likeness (QED) is 0.118. The van der Waals surface area contributed by atoms with Gasteiger partial charge in [0.05, 0.1) is 30.7 Å². The summed E-state index contributed by atoms with van der Waals surface area (Å²) in [5.41, 5.74) is 8.59. The number of unbranched alkanes of at least 4 members (excludes halogenated alkanes) is 4. The molecule has 0 bridgehead atoms. The summed E-state index contributed by atoms with van der Waals surface area (Å²) in [4.78, 5) is 55.1. The molecule has 4 unspecified atom stereocenters. The minimum absolute atomic E-state index is 0.118. The molecule has 4 rings (SSSR count). The Morgan fingerprint density at radius 2 is 1.53 bits per heavy atom. The molecule has 1 aromatic heterocycles. The van der Waals surface area contributed by atoms with Crippen molar-refractivity contribution in [2.24, 2.45) is 27.9 Å². The van der Waals surface area contributed by atoms with Gasteiger partial charge in [-0.2, -0.15) is 4.98 Å². The normalized spacial score (nSPS) is 27.5. The Labute approximate surface area is 325 Å². The lowest BCUT2D eigenvalue weighted by atomic mass is 9.83. The van der Waals surface area contributed by atoms with Crippen LogP contribution in [0.4, 0.5) is 10.6 Å². The summed E-state index contributed by atoms with van der Waals surface area (Å²) in [6.07, 6.45) is 7.65. The number of carbonyl (C=O) groups excluding carboxylic acids is 3. The summed E-state index contributed by atoms with van der Waals surface area (Å²) < 4.78 is 24.8. The highest BCUT2D eigenvalue weighted by molar-refractivity contribution is 5.77. The number of carbonyl (C=O) groups is 3. The number of nitrogens with zero attached hydrogens (tertiary/aromatic N) is 3. The smallest absolute Gasteiger partial charge is 0.351 e. The number of nitrogens with one attached hydrogen (secondary N) is 1. The number of hydrogen-bond acceptors (Lipinski definition) is 13. The minimum atomic E-state index is -0.760. The van der Waals surface area contributed by atoms with Crippen LogP contribution >= 0.6 is 0 Å². The molecule has 0 aliphatic carbocycles. The second-order valence-electron chi connectivity index (χ2n) is 16.7. The van der Waals surface area contributed by atoms with Crippen LogP contribution < -0.4 is 22.5 Å². The van der Waals surface area contributed by atoms with Crippen molar-refractivity contribution in [1.29, 1.82) is 0 Å². The number of ether oxygens (including phenoxy) is 4. The van der Waals surface area contributed by atoms with E-state index in [0.29, 0.717) is 0 Å². The number of urea groups is 1. The van der Waals surface area contributed by atoms with Gasteiger partial charge in [-0.1, -0.05) is 87.0 Å². The molecule has 55 heavy (non-hydrogen) atoms. The molecule has 3 aliphatic heterocycles. The first-order valence-corrected chi connectivity index (χ1v) is 19.6. The third-order valence-corrected chi connectivity index (χ3v) is 10.8. The number of nitrogen functional groups attached to an aromatic ring is 1. The number of hydrogen-bond donors (Lipinski definition) is 5. The van der Waals surface area contributed by atoms with Gasteiger partial charge in [0.1, 0.15) is 42.7 Å². The first-order valence-electron chi connectivity index (χ1n) is 19.6. The van der Waals surface area contributed by atoms with Crippen molar-refractivity contribution >= 4 is 23.8 Å². The summed E-state index contributed by atoms with van der Waals surface area (Å²) in [5.74, 6) is -0.728. The van der Waals surface area contributed by atoms with Gasteiger partial charge in [0.2, 0.25) is 0 Å². The zero-order valence-electron chi connectivity index (χ0n) is 34.2. The van der Waals surface area contributed by atoms with Crippen molar-refractivity contribution < 1.29 is 43.5 Å². The van der Waals surface area contributed by atoms with Gasteiger partial charge in [-0.15, -0.1) is 0 Å². The number of amides is 2. The van der Waals surface area contributed by atoms with Crippen molar-refractivity contribution in [3.05, 3.63) is 35.0 Å². The van der Waals surface area contributed by atoms with Crippen LogP contribution in [0.3, 0.4) is 0 Å². The maximum absolute atomic E-state index is 12.9. The maximum Gasteiger partial charge on any atom is 0.351 e. The molecule has 0 radical (unpaired) electrons. The molecular weight excluding hydrogens is 712 g/mol. The Morgan fingerprint density at radius 3 is 2.09 bits per heavy atom. The number of aromatic nitrogens is 2. The highest BCUT2D eigenvalue weighted by Gasteiger charge is 2.57. The molecule has 1 aromatic rings. The lowest BCUT2D eigenvalue weighted by Crippen LogP contribution is -2.56. The molecule has 4 heterocycles. The first kappa shape index (κ1) is 45.8. The van der Waals surface area contributed by atoms with Gasteiger partial charge in [0.15, 0.2) is 0 Å². The molecule has 0 spiro atoms. The largest absolute Gasteiger partial charge is 0.459 e. The first-order chi connectivity index (χ1) is 25.8. The second kappa shape index (κ2) is 19.5. The van der Waals surface area contributed by atoms with E-state index in [1.54, 1.807) is 12.3 Å². The number of anilines is 1. The third-order valence-electron chi connectivity index (χ3n) is 10.8. The zero-order valence-corrected chi connectivity index (χ0v) is 34.2. The summed E-state index contributed by atoms with van der Waals surface area (Å²) in [6, 6.07) is 1.12. The van der Waals surface area contributed by atoms with Gasteiger partial charge in [0.25, 0.3) is 0 Å². The van der Waals surface area contributed by atoms with Crippen molar-refractivity contribution in [2.45, 2.75) is 157 Å². The molecule has 2 fully saturated rings. The van der Waals surface area contributed by atoms with Crippen molar-refractivity contribution in [2.75, 3.05) is 18.9 Å². The van der Waals surface area contributed by atoms with Gasteiger partial charge >= 0.3 is 23.7 Å². The van der Waals surface area contributed by atoms with Crippen LogP contribution in [0.15, 0.2) is 29.3 Å². The minimum Gasteiger partial charge on any atom is -0.459 e. The Balaban J connectivity index is 0.000000296. The van der Waals surface area contributed by atoms with E-state index in [-0.39, 0.29) is 42.9 Å². The van der Waals surface area contributed by atoms with Gasteiger partial charge in [0, 0.05) is 23.2 Å². The average Bonchev–Trinajstić information content (AvgIpc) is 3.51. The number of aliphatic hydroxyl groups is 2. The van der Waals surface area contributed by atoms with E-state index in [4.69, 9.17) is 30.4 Å². The van der Waals surface area contributed by atoms with E-state index in [1.807, 2.05) is 48.5 Å². The SMILES string of the molecule is CCCCCC(C)(C)C(=O)OC1[C@@H](CO)O[C@@H](n2ccc(N)nc2=O)C1(C)C.CCCCCC(C)C(=O)OC1[C@@H](CO)O[C@@H](N2C=CC(N)NC2=O)C1(C)C. The predicted molar refractivity (Wildman–Crippen MR) is 206 cm³/mol. The molecule has 16 heteroatoms. The predicted octanol–water partition coefficient (Wildman–Crippen LogP) is 3.94. The molecule has 0 saturated carbocycles. The molecule has 8 atom stereocenters. The summed E-state index contributed by atoms with van der Waals surface area (Å²) in [6.45, 7) is 16.6. The average molecular weight is 779 g/mol. The van der Waals surface area contributed by atoms with E-state index in [0.717, 1.165) is 51.4 Å². The highest BCUT2D eigenvalue weighted by Crippen LogP contribution is 2.47. The van der Waals surface area contributed by atoms with E-state index in [2.05, 4.69) is 24.1 Å². The molecule has 16 nitrogen and oxygen atoms in total. The van der Waals surface area contributed by atoms with Gasteiger partial charge in [-0.25, -0.2) is 9.59 Å². The number of rotatable bonds is 16. The molecule has 7 N–H and O–H groups in total. The number of nitrogens with two attached hydrogens (primary N) is 2. The molecular formula is C39H66N6O10. The highest BCUT2D eigenvalue weighted by atomic mass is 16.6. The fourth-order valence-electron chi connectivity index (χ4n) is 7.21. The fourth-order valence-corrected chi connectivity index (χ4v) is 7.21. The van der Waals surface area contributed by atoms with E-state index >= 15 is 0 Å². The number of aliphatic hydroxyl groups excluding tert-OH is 2. The lowest BCUT2D eigenvalue weighted by Gasteiger charge is -2.37. The Morgan fingerprint density at radius 1 is 0.964 bits per heavy atom. The lowest BCUT2D eigenvalue weighted by molar-refractivity contribution is -0.168. The summed E-state index contributed by atoms with van der Waals surface area (Å²) in [5, 5.41) is 22.1. The fraction of sp³-hybridized carbons (Fsp3) is 0.769. The van der Waals surface area contributed by atoms with Crippen LogP contribution in [0, 0.1) is 22.2 Å². The van der Waals surface area contributed by atoms with Crippen LogP contribution in [0.1, 0.15) is 120 Å². The van der Waals surface area contributed by atoms with Crippen LogP contribution in [0.2, 0.25) is 0 Å². The zero-order chi connectivity index (χ0) is 41.3. The summed E-state index contributed by atoms with van der Waals surface area (Å²) in [7, 11) is 0. The van der Waals surface area contributed by atoms with Crippen LogP contribution in [0.25, 0.3) is 0 Å².